The molecule has 1 atom stereocenters. The first-order chi connectivity index (χ1) is 17.3. The fourth-order valence-corrected chi connectivity index (χ4v) is 5.97. The second-order valence-electron chi connectivity index (χ2n) is 10.2. The highest BCUT2D eigenvalue weighted by Gasteiger charge is 2.40. The number of rotatable bonds is 3. The van der Waals surface area contributed by atoms with Crippen LogP contribution in [0.1, 0.15) is 37.9 Å². The standard InChI is InChI=1S/C24H30F3N7O2/c1-32-12-13-35-19-18(32)21(33-11-3-6-23(15-33)7-9-28-10-8-23)31-34-20(29-30-22(19)34)16-4-2-5-17(14-16)36-24(25,26)27/h2,4-5,17,28H,3,6-15H2,1H3. The van der Waals surface area contributed by atoms with Crippen molar-refractivity contribution in [2.75, 3.05) is 56.2 Å². The fraction of sp³-hybridized carbons (Fsp3) is 0.625. The van der Waals surface area contributed by atoms with Gasteiger partial charge in [-0.15, -0.1) is 28.5 Å². The van der Waals surface area contributed by atoms with E-state index in [2.05, 4.69) is 30.1 Å². The Labute approximate surface area is 206 Å². The van der Waals surface area contributed by atoms with E-state index < -0.39 is 12.5 Å². The number of alkyl halides is 3. The minimum Gasteiger partial charge on any atom is -0.486 e. The van der Waals surface area contributed by atoms with Crippen molar-refractivity contribution in [2.45, 2.75) is 44.6 Å². The first-order valence-corrected chi connectivity index (χ1v) is 12.5. The van der Waals surface area contributed by atoms with Crippen LogP contribution in [0.25, 0.3) is 11.2 Å². The number of fused-ring (bicyclic) bond motifs is 3. The van der Waals surface area contributed by atoms with Crippen molar-refractivity contribution in [3.05, 3.63) is 24.1 Å². The second-order valence-corrected chi connectivity index (χ2v) is 10.2. The lowest BCUT2D eigenvalue weighted by atomic mass is 9.73. The van der Waals surface area contributed by atoms with Crippen LogP contribution in [0.5, 0.6) is 5.75 Å². The normalized spacial score (nSPS) is 24.1. The number of ether oxygens (including phenoxy) is 2. The number of allylic oxidation sites excluding steroid dienone is 2. The average Bonchev–Trinajstić information content (AvgIpc) is 3.28. The van der Waals surface area contributed by atoms with Gasteiger partial charge in [0.2, 0.25) is 5.65 Å². The molecule has 1 unspecified atom stereocenters. The smallest absolute Gasteiger partial charge is 0.486 e. The van der Waals surface area contributed by atoms with Crippen molar-refractivity contribution in [3.8, 4) is 5.75 Å². The third-order valence-corrected chi connectivity index (χ3v) is 7.76. The van der Waals surface area contributed by atoms with E-state index in [0.717, 1.165) is 63.5 Å². The van der Waals surface area contributed by atoms with Gasteiger partial charge in [-0.3, -0.25) is 4.74 Å². The maximum Gasteiger partial charge on any atom is 0.523 e. The van der Waals surface area contributed by atoms with Crippen molar-refractivity contribution < 1.29 is 22.6 Å². The molecule has 1 aliphatic carbocycles. The highest BCUT2D eigenvalue weighted by atomic mass is 19.4. The van der Waals surface area contributed by atoms with Gasteiger partial charge >= 0.3 is 6.36 Å². The Morgan fingerprint density at radius 3 is 2.81 bits per heavy atom. The summed E-state index contributed by atoms with van der Waals surface area (Å²) in [4.78, 5) is 4.50. The molecule has 0 radical (unpaired) electrons. The quantitative estimate of drug-likeness (QED) is 0.682. The summed E-state index contributed by atoms with van der Waals surface area (Å²) in [5.41, 5.74) is 2.20. The minimum absolute atomic E-state index is 0.0193. The Morgan fingerprint density at radius 2 is 2.00 bits per heavy atom. The average molecular weight is 506 g/mol. The van der Waals surface area contributed by atoms with E-state index in [1.54, 1.807) is 16.7 Å². The highest BCUT2D eigenvalue weighted by Crippen LogP contribution is 2.45. The largest absolute Gasteiger partial charge is 0.523 e. The number of aromatic nitrogens is 4. The van der Waals surface area contributed by atoms with E-state index in [4.69, 9.17) is 9.84 Å². The molecule has 1 N–H and O–H groups in total. The summed E-state index contributed by atoms with van der Waals surface area (Å²) in [6, 6.07) is 0. The molecule has 0 saturated carbocycles. The van der Waals surface area contributed by atoms with Gasteiger partial charge in [0.25, 0.3) is 0 Å². The van der Waals surface area contributed by atoms with Gasteiger partial charge in [-0.1, -0.05) is 18.2 Å². The molecule has 9 nitrogen and oxygen atoms in total. The fourth-order valence-electron chi connectivity index (χ4n) is 5.97. The summed E-state index contributed by atoms with van der Waals surface area (Å²) in [5.74, 6) is 1.83. The lowest BCUT2D eigenvalue weighted by molar-refractivity contribution is -0.335. The maximum atomic E-state index is 12.8. The summed E-state index contributed by atoms with van der Waals surface area (Å²) in [5, 5.41) is 17.2. The summed E-state index contributed by atoms with van der Waals surface area (Å²) < 4.78 is 50.5. The molecule has 36 heavy (non-hydrogen) atoms. The van der Waals surface area contributed by atoms with Crippen LogP contribution in [-0.4, -0.2) is 78.7 Å². The van der Waals surface area contributed by atoms with Crippen LogP contribution >= 0.6 is 0 Å². The molecule has 1 spiro atoms. The van der Waals surface area contributed by atoms with Gasteiger partial charge in [0.15, 0.2) is 17.4 Å². The molecular formula is C24H30F3N7O2. The molecule has 12 heteroatoms. The molecule has 6 rings (SSSR count). The predicted molar refractivity (Wildman–Crippen MR) is 128 cm³/mol. The molecule has 2 fully saturated rings. The lowest BCUT2D eigenvalue weighted by Gasteiger charge is -2.46. The molecule has 2 saturated heterocycles. The number of anilines is 2. The van der Waals surface area contributed by atoms with E-state index in [1.807, 2.05) is 7.05 Å². The first kappa shape index (κ1) is 23.5. The molecule has 2 aromatic rings. The summed E-state index contributed by atoms with van der Waals surface area (Å²) in [6.45, 7) is 5.09. The summed E-state index contributed by atoms with van der Waals surface area (Å²) >= 11 is 0. The highest BCUT2D eigenvalue weighted by molar-refractivity contribution is 5.82. The number of nitrogens with zero attached hydrogens (tertiary/aromatic N) is 6. The third kappa shape index (κ3) is 4.30. The number of nitrogens with one attached hydrogen (secondary N) is 1. The molecule has 194 valence electrons. The zero-order valence-corrected chi connectivity index (χ0v) is 20.2. The molecule has 2 aromatic heterocycles. The van der Waals surface area contributed by atoms with E-state index in [-0.39, 0.29) is 11.8 Å². The number of hydrogen-bond acceptors (Lipinski definition) is 8. The Kier molecular flexibility index (Phi) is 5.83. The van der Waals surface area contributed by atoms with Crippen LogP contribution in [0.2, 0.25) is 0 Å². The Morgan fingerprint density at radius 1 is 1.17 bits per heavy atom. The van der Waals surface area contributed by atoms with Gasteiger partial charge in [-0.05, 0) is 44.2 Å². The van der Waals surface area contributed by atoms with Crippen LogP contribution < -0.4 is 19.9 Å². The van der Waals surface area contributed by atoms with Crippen LogP contribution in [0.3, 0.4) is 0 Å². The van der Waals surface area contributed by atoms with Gasteiger partial charge < -0.3 is 19.9 Å². The van der Waals surface area contributed by atoms with Gasteiger partial charge in [-0.25, -0.2) is 0 Å². The Hall–Kier alpha value is -2.86. The van der Waals surface area contributed by atoms with E-state index in [0.29, 0.717) is 29.4 Å². The van der Waals surface area contributed by atoms with Crippen molar-refractivity contribution in [2.24, 2.45) is 5.41 Å². The van der Waals surface area contributed by atoms with E-state index >= 15 is 0 Å². The molecule has 0 bridgehead atoms. The number of likely N-dealkylation sites (N-methyl/N-ethyl adjacent to an activating group) is 1. The Balaban J connectivity index is 1.41. The molecule has 0 amide bonds. The van der Waals surface area contributed by atoms with Crippen LogP contribution in [0.15, 0.2) is 18.2 Å². The van der Waals surface area contributed by atoms with E-state index in [1.165, 1.54) is 12.5 Å². The molecule has 0 aromatic carbocycles. The maximum absolute atomic E-state index is 12.8. The first-order valence-electron chi connectivity index (χ1n) is 12.5. The topological polar surface area (TPSA) is 80.1 Å². The van der Waals surface area contributed by atoms with Crippen molar-refractivity contribution >= 4 is 22.7 Å². The van der Waals surface area contributed by atoms with Crippen LogP contribution in [0.4, 0.5) is 24.7 Å². The zero-order chi connectivity index (χ0) is 24.9. The van der Waals surface area contributed by atoms with Crippen LogP contribution in [-0.2, 0) is 4.74 Å². The van der Waals surface area contributed by atoms with Crippen molar-refractivity contribution in [1.29, 1.82) is 0 Å². The second kappa shape index (κ2) is 8.91. The van der Waals surface area contributed by atoms with Crippen molar-refractivity contribution in [1.82, 2.24) is 25.1 Å². The SMILES string of the molecule is CN1CCOc2c1c(N1CCCC3(CCNCC3)C1)nn1c(C3=CC=CC(OC(F)(F)F)C3)nnc21. The lowest BCUT2D eigenvalue weighted by Crippen LogP contribution is -2.49. The Bertz CT molecular complexity index is 1200. The van der Waals surface area contributed by atoms with E-state index in [9.17, 15) is 13.2 Å². The third-order valence-electron chi connectivity index (χ3n) is 7.76. The number of piperidine rings is 2. The molecule has 5 heterocycles. The summed E-state index contributed by atoms with van der Waals surface area (Å²) in [7, 11) is 2.03. The van der Waals surface area contributed by atoms with Gasteiger partial charge in [0.1, 0.15) is 12.3 Å². The molecule has 3 aliphatic heterocycles. The van der Waals surface area contributed by atoms with Crippen molar-refractivity contribution in [3.63, 3.8) is 0 Å². The zero-order valence-electron chi connectivity index (χ0n) is 20.2. The monoisotopic (exact) mass is 505 g/mol. The van der Waals surface area contributed by atoms with Gasteiger partial charge in [-0.2, -0.15) is 4.52 Å². The summed E-state index contributed by atoms with van der Waals surface area (Å²) in [6.07, 6.45) is 3.44. The number of hydrogen-bond donors (Lipinski definition) is 1. The molecular weight excluding hydrogens is 475 g/mol. The van der Waals surface area contributed by atoms with Gasteiger partial charge in [0.05, 0.1) is 12.6 Å². The predicted octanol–water partition coefficient (Wildman–Crippen LogP) is 3.17. The number of halogens is 3. The minimum atomic E-state index is -4.72. The van der Waals surface area contributed by atoms with Crippen LogP contribution in [0, 0.1) is 5.41 Å². The molecule has 4 aliphatic rings. The van der Waals surface area contributed by atoms with Gasteiger partial charge in [0, 0.05) is 32.1 Å².